The standard InChI is InChI=1S/C17H28N2/c1-14-3-5-17(6-4-14)13-19-9-7-16(8-10-19)11-15(2)12-18/h3-6,15-16H,7-13,18H2,1-2H3. The van der Waals surface area contributed by atoms with Gasteiger partial charge in [-0.25, -0.2) is 0 Å². The molecule has 1 fully saturated rings. The third kappa shape index (κ3) is 4.63. The Balaban J connectivity index is 1.75. The Morgan fingerprint density at radius 1 is 1.21 bits per heavy atom. The van der Waals surface area contributed by atoms with E-state index < -0.39 is 0 Å². The van der Waals surface area contributed by atoms with Crippen LogP contribution in [0.25, 0.3) is 0 Å². The van der Waals surface area contributed by atoms with Gasteiger partial charge < -0.3 is 5.73 Å². The monoisotopic (exact) mass is 260 g/mol. The quantitative estimate of drug-likeness (QED) is 0.881. The van der Waals surface area contributed by atoms with Crippen molar-refractivity contribution in [3.63, 3.8) is 0 Å². The summed E-state index contributed by atoms with van der Waals surface area (Å²) >= 11 is 0. The molecule has 0 aliphatic carbocycles. The van der Waals surface area contributed by atoms with Crippen LogP contribution in [0.15, 0.2) is 24.3 Å². The summed E-state index contributed by atoms with van der Waals surface area (Å²) in [5.74, 6) is 1.58. The molecule has 0 aromatic heterocycles. The van der Waals surface area contributed by atoms with Crippen LogP contribution in [0.1, 0.15) is 37.3 Å². The Morgan fingerprint density at radius 3 is 2.42 bits per heavy atom. The van der Waals surface area contributed by atoms with Crippen LogP contribution >= 0.6 is 0 Å². The second-order valence-corrected chi connectivity index (χ2v) is 6.28. The Kier molecular flexibility index (Phi) is 5.41. The van der Waals surface area contributed by atoms with E-state index in [0.29, 0.717) is 5.92 Å². The van der Waals surface area contributed by atoms with E-state index in [4.69, 9.17) is 5.73 Å². The molecule has 0 spiro atoms. The molecule has 0 saturated carbocycles. The Bertz CT molecular complexity index is 363. The van der Waals surface area contributed by atoms with Crippen LogP contribution in [0.4, 0.5) is 0 Å². The molecule has 2 heteroatoms. The largest absolute Gasteiger partial charge is 0.330 e. The first-order chi connectivity index (χ1) is 9.17. The third-order valence-corrected chi connectivity index (χ3v) is 4.37. The SMILES string of the molecule is Cc1ccc(CN2CCC(CC(C)CN)CC2)cc1. The maximum atomic E-state index is 5.72. The van der Waals surface area contributed by atoms with Crippen molar-refractivity contribution in [1.82, 2.24) is 4.90 Å². The molecule has 2 N–H and O–H groups in total. The lowest BCUT2D eigenvalue weighted by molar-refractivity contribution is 0.163. The minimum Gasteiger partial charge on any atom is -0.330 e. The van der Waals surface area contributed by atoms with Crippen molar-refractivity contribution in [3.05, 3.63) is 35.4 Å². The molecule has 1 unspecified atom stereocenters. The van der Waals surface area contributed by atoms with Crippen molar-refractivity contribution >= 4 is 0 Å². The molecule has 2 rings (SSSR count). The van der Waals surface area contributed by atoms with Gasteiger partial charge in [0.2, 0.25) is 0 Å². The van der Waals surface area contributed by atoms with Gasteiger partial charge in [0.1, 0.15) is 0 Å². The topological polar surface area (TPSA) is 29.3 Å². The first-order valence-electron chi connectivity index (χ1n) is 7.65. The van der Waals surface area contributed by atoms with Gasteiger partial charge in [-0.3, -0.25) is 4.90 Å². The molecule has 1 saturated heterocycles. The Morgan fingerprint density at radius 2 is 1.84 bits per heavy atom. The highest BCUT2D eigenvalue weighted by atomic mass is 15.1. The zero-order valence-corrected chi connectivity index (χ0v) is 12.4. The highest BCUT2D eigenvalue weighted by Gasteiger charge is 2.20. The Hall–Kier alpha value is -0.860. The molecule has 0 bridgehead atoms. The maximum Gasteiger partial charge on any atom is 0.0233 e. The number of rotatable bonds is 5. The summed E-state index contributed by atoms with van der Waals surface area (Å²) in [6.07, 6.45) is 4.00. The van der Waals surface area contributed by atoms with E-state index in [-0.39, 0.29) is 0 Å². The first-order valence-corrected chi connectivity index (χ1v) is 7.65. The lowest BCUT2D eigenvalue weighted by Gasteiger charge is -2.33. The summed E-state index contributed by atoms with van der Waals surface area (Å²) in [4.78, 5) is 2.59. The molecule has 19 heavy (non-hydrogen) atoms. The molecule has 1 aromatic carbocycles. The van der Waals surface area contributed by atoms with Gasteiger partial charge in [-0.2, -0.15) is 0 Å². The van der Waals surface area contributed by atoms with Crippen LogP contribution in [-0.2, 0) is 6.54 Å². The van der Waals surface area contributed by atoms with Gasteiger partial charge in [-0.15, -0.1) is 0 Å². The maximum absolute atomic E-state index is 5.72. The van der Waals surface area contributed by atoms with E-state index in [2.05, 4.69) is 43.0 Å². The van der Waals surface area contributed by atoms with Gasteiger partial charge in [-0.05, 0) is 63.2 Å². The second kappa shape index (κ2) is 7.06. The third-order valence-electron chi connectivity index (χ3n) is 4.37. The minimum absolute atomic E-state index is 0.689. The van der Waals surface area contributed by atoms with E-state index in [1.165, 1.54) is 43.5 Å². The lowest BCUT2D eigenvalue weighted by atomic mass is 9.88. The van der Waals surface area contributed by atoms with E-state index >= 15 is 0 Å². The Labute approximate surface area is 118 Å². The number of hydrogen-bond donors (Lipinski definition) is 1. The predicted octanol–water partition coefficient (Wildman–Crippen LogP) is 3.19. The zero-order valence-electron chi connectivity index (χ0n) is 12.4. The number of aryl methyl sites for hydroxylation is 1. The van der Waals surface area contributed by atoms with Gasteiger partial charge >= 0.3 is 0 Å². The minimum atomic E-state index is 0.689. The number of nitrogens with zero attached hydrogens (tertiary/aromatic N) is 1. The molecule has 0 amide bonds. The molecular formula is C17H28N2. The molecule has 2 nitrogen and oxygen atoms in total. The smallest absolute Gasteiger partial charge is 0.0233 e. The lowest BCUT2D eigenvalue weighted by Crippen LogP contribution is -2.34. The van der Waals surface area contributed by atoms with Gasteiger partial charge in [0.05, 0.1) is 0 Å². The summed E-state index contributed by atoms with van der Waals surface area (Å²) < 4.78 is 0. The fourth-order valence-electron chi connectivity index (χ4n) is 3.00. The van der Waals surface area contributed by atoms with Crippen LogP contribution in [0, 0.1) is 18.8 Å². The van der Waals surface area contributed by atoms with Gasteiger partial charge in [0.15, 0.2) is 0 Å². The van der Waals surface area contributed by atoms with Gasteiger partial charge in [0.25, 0.3) is 0 Å². The normalized spacial score (nSPS) is 19.5. The van der Waals surface area contributed by atoms with Crippen LogP contribution in [-0.4, -0.2) is 24.5 Å². The summed E-state index contributed by atoms with van der Waals surface area (Å²) in [5.41, 5.74) is 8.51. The molecule has 1 atom stereocenters. The molecular weight excluding hydrogens is 232 g/mol. The second-order valence-electron chi connectivity index (χ2n) is 6.28. The van der Waals surface area contributed by atoms with Crippen LogP contribution in [0.5, 0.6) is 0 Å². The van der Waals surface area contributed by atoms with Crippen molar-refractivity contribution in [2.75, 3.05) is 19.6 Å². The van der Waals surface area contributed by atoms with E-state index in [1.807, 2.05) is 0 Å². The molecule has 1 heterocycles. The molecule has 106 valence electrons. The van der Waals surface area contributed by atoms with Crippen molar-refractivity contribution < 1.29 is 0 Å². The van der Waals surface area contributed by atoms with Crippen LogP contribution in [0.3, 0.4) is 0 Å². The molecule has 1 aliphatic heterocycles. The summed E-state index contributed by atoms with van der Waals surface area (Å²) in [5, 5.41) is 0. The van der Waals surface area contributed by atoms with Crippen molar-refractivity contribution in [1.29, 1.82) is 0 Å². The van der Waals surface area contributed by atoms with Crippen molar-refractivity contribution in [2.45, 2.75) is 39.7 Å². The number of benzene rings is 1. The zero-order chi connectivity index (χ0) is 13.7. The van der Waals surface area contributed by atoms with Gasteiger partial charge in [-0.1, -0.05) is 36.8 Å². The summed E-state index contributed by atoms with van der Waals surface area (Å²) in [6.45, 7) is 8.86. The number of hydrogen-bond acceptors (Lipinski definition) is 2. The molecule has 1 aromatic rings. The van der Waals surface area contributed by atoms with Crippen molar-refractivity contribution in [3.8, 4) is 0 Å². The average molecular weight is 260 g/mol. The highest BCUT2D eigenvalue weighted by Crippen LogP contribution is 2.24. The fourth-order valence-corrected chi connectivity index (χ4v) is 3.00. The first kappa shape index (κ1) is 14.5. The molecule has 1 aliphatic rings. The summed E-state index contributed by atoms with van der Waals surface area (Å²) in [6, 6.07) is 8.95. The predicted molar refractivity (Wildman–Crippen MR) is 82.0 cm³/mol. The van der Waals surface area contributed by atoms with E-state index in [1.54, 1.807) is 0 Å². The van der Waals surface area contributed by atoms with Crippen LogP contribution < -0.4 is 5.73 Å². The molecule has 0 radical (unpaired) electrons. The van der Waals surface area contributed by atoms with Gasteiger partial charge in [0, 0.05) is 6.54 Å². The van der Waals surface area contributed by atoms with Crippen LogP contribution in [0.2, 0.25) is 0 Å². The van der Waals surface area contributed by atoms with E-state index in [9.17, 15) is 0 Å². The fraction of sp³-hybridized carbons (Fsp3) is 0.647. The van der Waals surface area contributed by atoms with Crippen molar-refractivity contribution in [2.24, 2.45) is 17.6 Å². The highest BCUT2D eigenvalue weighted by molar-refractivity contribution is 5.21. The number of piperidine rings is 1. The number of likely N-dealkylation sites (tertiary alicyclic amines) is 1. The van der Waals surface area contributed by atoms with E-state index in [0.717, 1.165) is 19.0 Å². The average Bonchev–Trinajstić information content (AvgIpc) is 2.43. The summed E-state index contributed by atoms with van der Waals surface area (Å²) in [7, 11) is 0. The number of nitrogens with two attached hydrogens (primary N) is 1.